The second kappa shape index (κ2) is 8.18. The number of carbonyl (C=O) groups excluding carboxylic acids is 1. The van der Waals surface area contributed by atoms with Gasteiger partial charge >= 0.3 is 5.97 Å². The summed E-state index contributed by atoms with van der Waals surface area (Å²) in [5, 5.41) is 9.06. The number of methoxy groups -OCH3 is 1. The van der Waals surface area contributed by atoms with E-state index in [4.69, 9.17) is 9.84 Å². The van der Waals surface area contributed by atoms with Crippen LogP contribution in [0, 0.1) is 17.8 Å². The summed E-state index contributed by atoms with van der Waals surface area (Å²) in [5.74, 6) is -0.00791. The summed E-state index contributed by atoms with van der Waals surface area (Å²) >= 11 is 0. The van der Waals surface area contributed by atoms with Crippen molar-refractivity contribution < 1.29 is 19.4 Å². The smallest absolute Gasteiger partial charge is 0.306 e. The molecule has 1 aromatic rings. The first-order valence-electron chi connectivity index (χ1n) is 8.51. The summed E-state index contributed by atoms with van der Waals surface area (Å²) in [7, 11) is 3.47. The van der Waals surface area contributed by atoms with Crippen molar-refractivity contribution in [2.45, 2.75) is 32.6 Å². The average Bonchev–Trinajstić information content (AvgIpc) is 3.05. The molecule has 5 nitrogen and oxygen atoms in total. The summed E-state index contributed by atoms with van der Waals surface area (Å²) in [6.45, 7) is 2.81. The fraction of sp³-hybridized carbons (Fsp3) is 0.579. The number of ether oxygens (including phenoxy) is 1. The van der Waals surface area contributed by atoms with E-state index in [1.807, 2.05) is 31.3 Å². The van der Waals surface area contributed by atoms with Gasteiger partial charge in [-0.05, 0) is 49.3 Å². The molecular weight excluding hydrogens is 306 g/mol. The normalized spacial score (nSPS) is 21.3. The van der Waals surface area contributed by atoms with E-state index in [1.54, 1.807) is 12.0 Å². The van der Waals surface area contributed by atoms with Gasteiger partial charge in [0.05, 0.1) is 13.0 Å². The number of carbonyl (C=O) groups is 2. The van der Waals surface area contributed by atoms with Crippen LogP contribution in [0.4, 0.5) is 0 Å². The Bertz CT molecular complexity index is 569. The van der Waals surface area contributed by atoms with E-state index in [-0.39, 0.29) is 17.7 Å². The van der Waals surface area contributed by atoms with E-state index in [9.17, 15) is 9.59 Å². The Morgan fingerprint density at radius 2 is 1.88 bits per heavy atom. The lowest BCUT2D eigenvalue weighted by molar-refractivity contribution is -0.141. The first-order valence-corrected chi connectivity index (χ1v) is 8.51. The number of hydrogen-bond acceptors (Lipinski definition) is 3. The van der Waals surface area contributed by atoms with Crippen LogP contribution in [-0.2, 0) is 16.0 Å². The van der Waals surface area contributed by atoms with Gasteiger partial charge < -0.3 is 14.7 Å². The van der Waals surface area contributed by atoms with Crippen molar-refractivity contribution in [2.75, 3.05) is 20.7 Å². The molecule has 1 aliphatic carbocycles. The van der Waals surface area contributed by atoms with Crippen LogP contribution in [-0.4, -0.2) is 42.6 Å². The molecule has 1 aliphatic rings. The topological polar surface area (TPSA) is 66.8 Å². The van der Waals surface area contributed by atoms with E-state index in [0.29, 0.717) is 31.7 Å². The van der Waals surface area contributed by atoms with Crippen LogP contribution in [0.3, 0.4) is 0 Å². The highest BCUT2D eigenvalue weighted by Gasteiger charge is 2.35. The zero-order valence-corrected chi connectivity index (χ0v) is 14.7. The van der Waals surface area contributed by atoms with Gasteiger partial charge in [-0.15, -0.1) is 0 Å². The highest BCUT2D eigenvalue weighted by atomic mass is 16.5. The van der Waals surface area contributed by atoms with Gasteiger partial charge in [-0.1, -0.05) is 19.1 Å². The third-order valence-electron chi connectivity index (χ3n) is 4.84. The molecule has 0 bridgehead atoms. The number of carboxylic acid groups (broad SMARTS) is 1. The summed E-state index contributed by atoms with van der Waals surface area (Å²) in [6, 6.07) is 7.99. The molecule has 1 unspecified atom stereocenters. The molecule has 2 rings (SSSR count). The Hall–Kier alpha value is -2.04. The van der Waals surface area contributed by atoms with Crippen LogP contribution in [0.2, 0.25) is 0 Å². The molecule has 132 valence electrons. The van der Waals surface area contributed by atoms with Gasteiger partial charge in [-0.3, -0.25) is 9.59 Å². The number of nitrogens with zero attached hydrogens (tertiary/aromatic N) is 1. The Morgan fingerprint density at radius 1 is 1.25 bits per heavy atom. The van der Waals surface area contributed by atoms with E-state index in [2.05, 4.69) is 6.92 Å². The minimum Gasteiger partial charge on any atom is -0.497 e. The molecule has 1 N–H and O–H groups in total. The van der Waals surface area contributed by atoms with Crippen LogP contribution >= 0.6 is 0 Å². The second-order valence-electron chi connectivity index (χ2n) is 6.92. The summed E-state index contributed by atoms with van der Waals surface area (Å²) in [4.78, 5) is 25.3. The fourth-order valence-corrected chi connectivity index (χ4v) is 3.53. The van der Waals surface area contributed by atoms with Gasteiger partial charge in [0.1, 0.15) is 5.75 Å². The van der Waals surface area contributed by atoms with Crippen molar-refractivity contribution >= 4 is 11.9 Å². The van der Waals surface area contributed by atoms with Crippen molar-refractivity contribution in [3.8, 4) is 5.75 Å². The first kappa shape index (κ1) is 18.3. The molecule has 0 spiro atoms. The van der Waals surface area contributed by atoms with Crippen LogP contribution in [0.15, 0.2) is 24.3 Å². The lowest BCUT2D eigenvalue weighted by atomic mass is 9.99. The third kappa shape index (κ3) is 4.73. The number of aliphatic carboxylic acids is 1. The van der Waals surface area contributed by atoms with Gasteiger partial charge in [0, 0.05) is 19.5 Å². The summed E-state index contributed by atoms with van der Waals surface area (Å²) in [6.07, 6.45) is 2.67. The van der Waals surface area contributed by atoms with Crippen molar-refractivity contribution in [3.63, 3.8) is 0 Å². The number of benzene rings is 1. The lowest BCUT2D eigenvalue weighted by Gasteiger charge is -2.24. The van der Waals surface area contributed by atoms with Crippen LogP contribution in [0.1, 0.15) is 31.7 Å². The quantitative estimate of drug-likeness (QED) is 0.833. The third-order valence-corrected chi connectivity index (χ3v) is 4.84. The molecule has 1 fully saturated rings. The molecule has 3 atom stereocenters. The monoisotopic (exact) mass is 333 g/mol. The molecule has 5 heteroatoms. The molecule has 0 saturated heterocycles. The van der Waals surface area contributed by atoms with Gasteiger partial charge in [-0.25, -0.2) is 0 Å². The predicted octanol–water partition coefficient (Wildman–Crippen LogP) is 2.83. The molecular formula is C19H27NO4. The fourth-order valence-electron chi connectivity index (χ4n) is 3.53. The maximum atomic E-state index is 12.5. The molecule has 0 aromatic heterocycles. The van der Waals surface area contributed by atoms with E-state index in [1.165, 1.54) is 5.56 Å². The molecule has 0 heterocycles. The highest BCUT2D eigenvalue weighted by Crippen LogP contribution is 2.32. The zero-order chi connectivity index (χ0) is 17.7. The molecule has 0 aliphatic heterocycles. The van der Waals surface area contributed by atoms with Crippen molar-refractivity contribution in [2.24, 2.45) is 17.8 Å². The number of hydrogen-bond donors (Lipinski definition) is 1. The van der Waals surface area contributed by atoms with Gasteiger partial charge in [0.25, 0.3) is 0 Å². The Balaban J connectivity index is 1.83. The minimum atomic E-state index is -0.777. The molecule has 1 amide bonds. The van der Waals surface area contributed by atoms with E-state index < -0.39 is 5.97 Å². The van der Waals surface area contributed by atoms with Gasteiger partial charge in [-0.2, -0.15) is 0 Å². The van der Waals surface area contributed by atoms with E-state index >= 15 is 0 Å². The molecule has 1 saturated carbocycles. The maximum Gasteiger partial charge on any atom is 0.306 e. The number of rotatable bonds is 7. The maximum absolute atomic E-state index is 12.5. The Kier molecular flexibility index (Phi) is 6.23. The summed E-state index contributed by atoms with van der Waals surface area (Å²) < 4.78 is 5.16. The SMILES string of the molecule is COc1ccc(CC(C)CN(C)C(=O)[C@@H]2CC[C@H](C(=O)O)C2)cc1. The average molecular weight is 333 g/mol. The lowest BCUT2D eigenvalue weighted by Crippen LogP contribution is -2.35. The van der Waals surface area contributed by atoms with Gasteiger partial charge in [0.15, 0.2) is 0 Å². The van der Waals surface area contributed by atoms with Crippen molar-refractivity contribution in [3.05, 3.63) is 29.8 Å². The zero-order valence-electron chi connectivity index (χ0n) is 14.7. The van der Waals surface area contributed by atoms with Crippen LogP contribution in [0.5, 0.6) is 5.75 Å². The second-order valence-corrected chi connectivity index (χ2v) is 6.92. The molecule has 24 heavy (non-hydrogen) atoms. The number of carboxylic acids is 1. The highest BCUT2D eigenvalue weighted by molar-refractivity contribution is 5.80. The molecule has 0 radical (unpaired) electrons. The number of amides is 1. The van der Waals surface area contributed by atoms with Crippen LogP contribution < -0.4 is 4.74 Å². The van der Waals surface area contributed by atoms with E-state index in [0.717, 1.165) is 12.2 Å². The molecule has 1 aromatic carbocycles. The minimum absolute atomic E-state index is 0.0836. The Morgan fingerprint density at radius 3 is 2.42 bits per heavy atom. The Labute approximate surface area is 143 Å². The summed E-state index contributed by atoms with van der Waals surface area (Å²) in [5.41, 5.74) is 1.22. The standard InChI is InChI=1S/C19H27NO4/c1-13(10-14-4-8-17(24-3)9-5-14)12-20(2)18(21)15-6-7-16(11-15)19(22)23/h4-5,8-9,13,15-16H,6-7,10-12H2,1-3H3,(H,22,23)/t13?,15-,16+/m1/s1. The van der Waals surface area contributed by atoms with Crippen LogP contribution in [0.25, 0.3) is 0 Å². The van der Waals surface area contributed by atoms with Crippen molar-refractivity contribution in [1.82, 2.24) is 4.90 Å². The van der Waals surface area contributed by atoms with Gasteiger partial charge in [0.2, 0.25) is 5.91 Å². The predicted molar refractivity (Wildman–Crippen MR) is 92.0 cm³/mol. The first-order chi connectivity index (χ1) is 11.4. The van der Waals surface area contributed by atoms with Crippen molar-refractivity contribution in [1.29, 1.82) is 0 Å². The largest absolute Gasteiger partial charge is 0.497 e.